The first kappa shape index (κ1) is 12.1. The summed E-state index contributed by atoms with van der Waals surface area (Å²) in [4.78, 5) is 19.2. The second-order valence-electron chi connectivity index (χ2n) is 5.22. The molecule has 3 nitrogen and oxygen atoms in total. The summed E-state index contributed by atoms with van der Waals surface area (Å²) in [6.07, 6.45) is 2.65. The number of anilines is 1. The SMILES string of the molecule is O=C(c1cccc2cccnc12)N1CCc2ccccc21. The zero-order valence-corrected chi connectivity index (χ0v) is 11.5. The maximum absolute atomic E-state index is 12.9. The lowest BCUT2D eigenvalue weighted by Crippen LogP contribution is -2.29. The normalized spacial score (nSPS) is 13.4. The molecule has 1 aliphatic rings. The highest BCUT2D eigenvalue weighted by Crippen LogP contribution is 2.30. The van der Waals surface area contributed by atoms with Crippen LogP contribution in [0.15, 0.2) is 60.8 Å². The second-order valence-corrected chi connectivity index (χ2v) is 5.22. The molecule has 1 amide bonds. The van der Waals surface area contributed by atoms with Crippen molar-refractivity contribution in [1.82, 2.24) is 4.98 Å². The van der Waals surface area contributed by atoms with E-state index in [-0.39, 0.29) is 5.91 Å². The van der Waals surface area contributed by atoms with Crippen LogP contribution >= 0.6 is 0 Å². The Kier molecular flexibility index (Phi) is 2.71. The van der Waals surface area contributed by atoms with Gasteiger partial charge in [-0.3, -0.25) is 9.78 Å². The average molecular weight is 274 g/mol. The number of aromatic nitrogens is 1. The van der Waals surface area contributed by atoms with Crippen LogP contribution in [0.25, 0.3) is 10.9 Å². The minimum atomic E-state index is 0.0317. The first-order valence-corrected chi connectivity index (χ1v) is 7.08. The number of rotatable bonds is 1. The van der Waals surface area contributed by atoms with Gasteiger partial charge in [0, 0.05) is 23.8 Å². The molecule has 0 saturated heterocycles. The van der Waals surface area contributed by atoms with Gasteiger partial charge in [0.1, 0.15) is 0 Å². The quantitative estimate of drug-likeness (QED) is 0.681. The number of nitrogens with zero attached hydrogens (tertiary/aromatic N) is 2. The molecular formula is C18H14N2O. The van der Waals surface area contributed by atoms with Gasteiger partial charge in [-0.25, -0.2) is 0 Å². The molecule has 3 heteroatoms. The second kappa shape index (κ2) is 4.70. The summed E-state index contributed by atoms with van der Waals surface area (Å²) in [5.74, 6) is 0.0317. The zero-order valence-electron chi connectivity index (χ0n) is 11.5. The molecule has 0 aliphatic carbocycles. The zero-order chi connectivity index (χ0) is 14.2. The van der Waals surface area contributed by atoms with Gasteiger partial charge in [-0.15, -0.1) is 0 Å². The van der Waals surface area contributed by atoms with Crippen LogP contribution in [-0.4, -0.2) is 17.4 Å². The molecule has 0 fully saturated rings. The van der Waals surface area contributed by atoms with Crippen LogP contribution in [0, 0.1) is 0 Å². The Morgan fingerprint density at radius 2 is 1.86 bits per heavy atom. The van der Waals surface area contributed by atoms with Crippen LogP contribution in [0.5, 0.6) is 0 Å². The summed E-state index contributed by atoms with van der Waals surface area (Å²) in [5.41, 5.74) is 3.70. The lowest BCUT2D eigenvalue weighted by Gasteiger charge is -2.18. The minimum absolute atomic E-state index is 0.0317. The van der Waals surface area contributed by atoms with Gasteiger partial charge in [-0.1, -0.05) is 36.4 Å². The first-order valence-electron chi connectivity index (χ1n) is 7.08. The van der Waals surface area contributed by atoms with E-state index in [1.807, 2.05) is 53.4 Å². The highest BCUT2D eigenvalue weighted by Gasteiger charge is 2.26. The number of carbonyl (C=O) groups is 1. The molecule has 0 unspecified atom stereocenters. The Labute approximate surface area is 122 Å². The van der Waals surface area contributed by atoms with Crippen LogP contribution in [0.4, 0.5) is 5.69 Å². The van der Waals surface area contributed by atoms with Gasteiger partial charge in [-0.2, -0.15) is 0 Å². The van der Waals surface area contributed by atoms with Gasteiger partial charge >= 0.3 is 0 Å². The van der Waals surface area contributed by atoms with Gasteiger partial charge in [-0.05, 0) is 30.2 Å². The molecule has 0 bridgehead atoms. The van der Waals surface area contributed by atoms with Crippen molar-refractivity contribution in [1.29, 1.82) is 0 Å². The summed E-state index contributed by atoms with van der Waals surface area (Å²) in [6, 6.07) is 17.7. The summed E-state index contributed by atoms with van der Waals surface area (Å²) in [7, 11) is 0. The van der Waals surface area contributed by atoms with Gasteiger partial charge in [0.25, 0.3) is 5.91 Å². The molecule has 0 radical (unpaired) electrons. The number of benzene rings is 2. The van der Waals surface area contributed by atoms with E-state index in [0.29, 0.717) is 5.56 Å². The molecule has 2 heterocycles. The molecule has 1 aliphatic heterocycles. The standard InChI is InChI=1S/C18H14N2O/c21-18(20-12-10-13-5-1-2-9-16(13)20)15-8-3-6-14-7-4-11-19-17(14)15/h1-9,11H,10,12H2. The minimum Gasteiger partial charge on any atom is -0.308 e. The van der Waals surface area contributed by atoms with Crippen LogP contribution < -0.4 is 4.90 Å². The molecule has 0 atom stereocenters. The van der Waals surface area contributed by atoms with E-state index in [9.17, 15) is 4.79 Å². The van der Waals surface area contributed by atoms with E-state index in [4.69, 9.17) is 0 Å². The molecule has 0 saturated carbocycles. The molecule has 1 aromatic heterocycles. The monoisotopic (exact) mass is 274 g/mol. The van der Waals surface area contributed by atoms with Crippen LogP contribution in [-0.2, 0) is 6.42 Å². The van der Waals surface area contributed by atoms with E-state index in [0.717, 1.165) is 29.6 Å². The van der Waals surface area contributed by atoms with Gasteiger partial charge in [0.15, 0.2) is 0 Å². The van der Waals surface area contributed by atoms with Crippen molar-refractivity contribution in [3.8, 4) is 0 Å². The maximum atomic E-state index is 12.9. The van der Waals surface area contributed by atoms with Crippen molar-refractivity contribution in [2.75, 3.05) is 11.4 Å². The number of hydrogen-bond acceptors (Lipinski definition) is 2. The third kappa shape index (κ3) is 1.89. The van der Waals surface area contributed by atoms with Crippen molar-refractivity contribution in [2.24, 2.45) is 0 Å². The number of carbonyl (C=O) groups excluding carboxylic acids is 1. The Balaban J connectivity index is 1.82. The van der Waals surface area contributed by atoms with E-state index >= 15 is 0 Å². The topological polar surface area (TPSA) is 33.2 Å². The van der Waals surface area contributed by atoms with E-state index in [1.54, 1.807) is 6.20 Å². The molecule has 102 valence electrons. The van der Waals surface area contributed by atoms with Crippen molar-refractivity contribution < 1.29 is 4.79 Å². The van der Waals surface area contributed by atoms with Gasteiger partial charge in [0.2, 0.25) is 0 Å². The fraction of sp³-hybridized carbons (Fsp3) is 0.111. The Morgan fingerprint density at radius 1 is 1.00 bits per heavy atom. The fourth-order valence-corrected chi connectivity index (χ4v) is 2.97. The molecule has 0 N–H and O–H groups in total. The first-order chi connectivity index (χ1) is 10.3. The number of pyridine rings is 1. The highest BCUT2D eigenvalue weighted by molar-refractivity contribution is 6.13. The Morgan fingerprint density at radius 3 is 2.81 bits per heavy atom. The molecule has 0 spiro atoms. The maximum Gasteiger partial charge on any atom is 0.260 e. The van der Waals surface area contributed by atoms with Crippen molar-refractivity contribution >= 4 is 22.5 Å². The number of hydrogen-bond donors (Lipinski definition) is 0. The summed E-state index contributed by atoms with van der Waals surface area (Å²) in [6.45, 7) is 0.738. The third-order valence-corrected chi connectivity index (χ3v) is 4.00. The number of amides is 1. The van der Waals surface area contributed by atoms with Crippen LogP contribution in [0.1, 0.15) is 15.9 Å². The van der Waals surface area contributed by atoms with Crippen molar-refractivity contribution in [3.05, 3.63) is 71.9 Å². The van der Waals surface area contributed by atoms with Gasteiger partial charge in [0.05, 0.1) is 11.1 Å². The summed E-state index contributed by atoms with van der Waals surface area (Å²) in [5, 5.41) is 0.996. The molecule has 2 aromatic carbocycles. The van der Waals surface area contributed by atoms with Gasteiger partial charge < -0.3 is 4.90 Å². The molecular weight excluding hydrogens is 260 g/mol. The lowest BCUT2D eigenvalue weighted by atomic mass is 10.1. The third-order valence-electron chi connectivity index (χ3n) is 4.00. The molecule has 21 heavy (non-hydrogen) atoms. The Hall–Kier alpha value is -2.68. The fourth-order valence-electron chi connectivity index (χ4n) is 2.97. The van der Waals surface area contributed by atoms with E-state index in [2.05, 4.69) is 11.1 Å². The molecule has 4 rings (SSSR count). The lowest BCUT2D eigenvalue weighted by molar-refractivity contribution is 0.0991. The smallest absolute Gasteiger partial charge is 0.260 e. The largest absolute Gasteiger partial charge is 0.308 e. The average Bonchev–Trinajstić information content (AvgIpc) is 2.98. The van der Waals surface area contributed by atoms with Crippen molar-refractivity contribution in [3.63, 3.8) is 0 Å². The summed E-state index contributed by atoms with van der Waals surface area (Å²) >= 11 is 0. The Bertz CT molecular complexity index is 836. The number of fused-ring (bicyclic) bond motifs is 2. The predicted molar refractivity (Wildman–Crippen MR) is 83.6 cm³/mol. The summed E-state index contributed by atoms with van der Waals surface area (Å²) < 4.78 is 0. The van der Waals surface area contributed by atoms with E-state index < -0.39 is 0 Å². The highest BCUT2D eigenvalue weighted by atomic mass is 16.2. The van der Waals surface area contributed by atoms with Crippen molar-refractivity contribution in [2.45, 2.75) is 6.42 Å². The predicted octanol–water partition coefficient (Wildman–Crippen LogP) is 3.44. The number of para-hydroxylation sites is 2. The van der Waals surface area contributed by atoms with Crippen LogP contribution in [0.2, 0.25) is 0 Å². The van der Waals surface area contributed by atoms with E-state index in [1.165, 1.54) is 5.56 Å². The molecule has 3 aromatic rings. The van der Waals surface area contributed by atoms with Crippen LogP contribution in [0.3, 0.4) is 0 Å².